The highest BCUT2D eigenvalue weighted by molar-refractivity contribution is 14.1. The predicted molar refractivity (Wildman–Crippen MR) is 68.1 cm³/mol. The lowest BCUT2D eigenvalue weighted by Gasteiger charge is -2.08. The van der Waals surface area contributed by atoms with E-state index in [0.29, 0.717) is 0 Å². The smallest absolute Gasteiger partial charge is 0.0330 e. The lowest BCUT2D eigenvalue weighted by Crippen LogP contribution is -2.08. The van der Waals surface area contributed by atoms with E-state index in [1.165, 1.54) is 9.13 Å². The third-order valence-corrected chi connectivity index (χ3v) is 2.37. The number of benzene rings is 1. The summed E-state index contributed by atoms with van der Waals surface area (Å²) in [5, 5.41) is 0. The fourth-order valence-electron chi connectivity index (χ4n) is 1.05. The molecule has 0 aromatic heterocycles. The van der Waals surface area contributed by atoms with Gasteiger partial charge in [0.2, 0.25) is 0 Å². The summed E-state index contributed by atoms with van der Waals surface area (Å²) < 4.78 is 1.23. The normalized spacial score (nSPS) is 11.5. The second-order valence-electron chi connectivity index (χ2n) is 2.69. The van der Waals surface area contributed by atoms with Crippen LogP contribution in [-0.4, -0.2) is 0 Å². The zero-order valence-corrected chi connectivity index (χ0v) is 10.2. The summed E-state index contributed by atoms with van der Waals surface area (Å²) in [5.74, 6) is 0. The Bertz CT molecular complexity index is 275. The molecule has 0 spiro atoms. The molecule has 0 saturated carbocycles. The zero-order chi connectivity index (χ0) is 8.97. The van der Waals surface area contributed by atoms with Gasteiger partial charge in [-0.25, -0.2) is 0 Å². The second kappa shape index (κ2) is 6.40. The average molecular weight is 310 g/mol. The molecule has 0 radical (unpaired) electrons. The van der Waals surface area contributed by atoms with E-state index in [-0.39, 0.29) is 18.4 Å². The predicted octanol–water partition coefficient (Wildman–Crippen LogP) is 3.29. The van der Waals surface area contributed by atoms with Crippen molar-refractivity contribution in [3.8, 4) is 0 Å². The van der Waals surface area contributed by atoms with Crippen LogP contribution in [0.15, 0.2) is 36.9 Å². The van der Waals surface area contributed by atoms with Crippen molar-refractivity contribution >= 4 is 35.0 Å². The van der Waals surface area contributed by atoms with E-state index in [2.05, 4.69) is 47.4 Å². The first-order valence-corrected chi connectivity index (χ1v) is 4.94. The molecule has 13 heavy (non-hydrogen) atoms. The number of halogens is 2. The van der Waals surface area contributed by atoms with Crippen LogP contribution in [0, 0.1) is 3.57 Å². The Morgan fingerprint density at radius 2 is 2.23 bits per heavy atom. The van der Waals surface area contributed by atoms with Gasteiger partial charge in [0.25, 0.3) is 0 Å². The van der Waals surface area contributed by atoms with Crippen LogP contribution >= 0.6 is 35.0 Å². The van der Waals surface area contributed by atoms with Crippen LogP contribution < -0.4 is 5.73 Å². The fraction of sp³-hybridized carbons (Fsp3) is 0.200. The lowest BCUT2D eigenvalue weighted by molar-refractivity contribution is 0.741. The molecule has 1 nitrogen and oxygen atoms in total. The topological polar surface area (TPSA) is 26.0 Å². The number of hydrogen-bond acceptors (Lipinski definition) is 1. The SMILES string of the molecule is C=CC[C@H](N)c1cccc(I)c1.Cl. The summed E-state index contributed by atoms with van der Waals surface area (Å²) in [4.78, 5) is 0. The molecule has 0 bridgehead atoms. The highest BCUT2D eigenvalue weighted by Crippen LogP contribution is 2.16. The van der Waals surface area contributed by atoms with Gasteiger partial charge in [-0.3, -0.25) is 0 Å². The molecule has 1 rings (SSSR count). The molecule has 1 atom stereocenters. The molecule has 0 unspecified atom stereocenters. The standard InChI is InChI=1S/C10H12IN.ClH/c1-2-4-10(12)8-5-3-6-9(11)7-8;/h2-3,5-7,10H,1,4,12H2;1H/t10-;/m0./s1. The van der Waals surface area contributed by atoms with Crippen molar-refractivity contribution in [1.29, 1.82) is 0 Å². The van der Waals surface area contributed by atoms with Gasteiger partial charge in [0.15, 0.2) is 0 Å². The highest BCUT2D eigenvalue weighted by Gasteiger charge is 2.02. The Labute approximate surface area is 99.0 Å². The van der Waals surface area contributed by atoms with Gasteiger partial charge >= 0.3 is 0 Å². The van der Waals surface area contributed by atoms with Crippen LogP contribution in [0.3, 0.4) is 0 Å². The lowest BCUT2D eigenvalue weighted by atomic mass is 10.1. The van der Waals surface area contributed by atoms with Crippen LogP contribution in [0.25, 0.3) is 0 Å². The Kier molecular flexibility index (Phi) is 6.37. The van der Waals surface area contributed by atoms with Gasteiger partial charge in [0, 0.05) is 9.61 Å². The first-order valence-electron chi connectivity index (χ1n) is 3.86. The quantitative estimate of drug-likeness (QED) is 0.673. The molecule has 0 amide bonds. The van der Waals surface area contributed by atoms with E-state index in [1.54, 1.807) is 0 Å². The van der Waals surface area contributed by atoms with Gasteiger partial charge in [0.05, 0.1) is 0 Å². The molecule has 0 heterocycles. The monoisotopic (exact) mass is 309 g/mol. The van der Waals surface area contributed by atoms with Gasteiger partial charge in [-0.15, -0.1) is 19.0 Å². The third-order valence-electron chi connectivity index (χ3n) is 1.70. The molecule has 3 heteroatoms. The van der Waals surface area contributed by atoms with Crippen LogP contribution in [0.2, 0.25) is 0 Å². The first-order chi connectivity index (χ1) is 5.74. The summed E-state index contributed by atoms with van der Waals surface area (Å²) in [7, 11) is 0. The molecule has 0 aliphatic rings. The van der Waals surface area contributed by atoms with Gasteiger partial charge in [-0.2, -0.15) is 0 Å². The summed E-state index contributed by atoms with van der Waals surface area (Å²) in [6, 6.07) is 8.34. The van der Waals surface area contributed by atoms with Crippen molar-refractivity contribution in [3.63, 3.8) is 0 Å². The molecule has 1 aromatic carbocycles. The van der Waals surface area contributed by atoms with Crippen LogP contribution in [0.1, 0.15) is 18.0 Å². The van der Waals surface area contributed by atoms with Gasteiger partial charge in [0.1, 0.15) is 0 Å². The van der Waals surface area contributed by atoms with Gasteiger partial charge < -0.3 is 5.73 Å². The highest BCUT2D eigenvalue weighted by atomic mass is 127. The van der Waals surface area contributed by atoms with Gasteiger partial charge in [-0.1, -0.05) is 18.2 Å². The maximum Gasteiger partial charge on any atom is 0.0330 e. The van der Waals surface area contributed by atoms with Crippen molar-refractivity contribution in [2.45, 2.75) is 12.5 Å². The Hall–Kier alpha value is -0.0600. The summed E-state index contributed by atoms with van der Waals surface area (Å²) in [6.45, 7) is 3.67. The van der Waals surface area contributed by atoms with Crippen molar-refractivity contribution in [2.24, 2.45) is 5.73 Å². The molecule has 2 N–H and O–H groups in total. The van der Waals surface area contributed by atoms with E-state index < -0.39 is 0 Å². The molecule has 1 aromatic rings. The second-order valence-corrected chi connectivity index (χ2v) is 3.93. The van der Waals surface area contributed by atoms with E-state index in [1.807, 2.05) is 12.1 Å². The molecule has 0 aliphatic carbocycles. The minimum atomic E-state index is 0. The molecule has 0 aliphatic heterocycles. The van der Waals surface area contributed by atoms with Gasteiger partial charge in [-0.05, 0) is 46.7 Å². The minimum Gasteiger partial charge on any atom is -0.324 e. The summed E-state index contributed by atoms with van der Waals surface area (Å²) in [5.41, 5.74) is 7.08. The summed E-state index contributed by atoms with van der Waals surface area (Å²) in [6.07, 6.45) is 2.69. The fourth-order valence-corrected chi connectivity index (χ4v) is 1.62. The molecular weight excluding hydrogens is 296 g/mol. The number of rotatable bonds is 3. The molecule has 0 saturated heterocycles. The van der Waals surface area contributed by atoms with Crippen molar-refractivity contribution < 1.29 is 0 Å². The largest absolute Gasteiger partial charge is 0.324 e. The van der Waals surface area contributed by atoms with E-state index >= 15 is 0 Å². The van der Waals surface area contributed by atoms with Crippen molar-refractivity contribution in [1.82, 2.24) is 0 Å². The molecular formula is C10H13ClIN. The Morgan fingerprint density at radius 3 is 2.77 bits per heavy atom. The van der Waals surface area contributed by atoms with Crippen LogP contribution in [0.4, 0.5) is 0 Å². The zero-order valence-electron chi connectivity index (χ0n) is 7.24. The van der Waals surface area contributed by atoms with E-state index in [4.69, 9.17) is 5.73 Å². The van der Waals surface area contributed by atoms with Crippen LogP contribution in [-0.2, 0) is 0 Å². The minimum absolute atomic E-state index is 0. The number of hydrogen-bond donors (Lipinski definition) is 1. The van der Waals surface area contributed by atoms with Crippen molar-refractivity contribution in [2.75, 3.05) is 0 Å². The maximum absolute atomic E-state index is 5.90. The van der Waals surface area contributed by atoms with E-state index in [0.717, 1.165) is 6.42 Å². The van der Waals surface area contributed by atoms with E-state index in [9.17, 15) is 0 Å². The molecule has 72 valence electrons. The average Bonchev–Trinajstić information content (AvgIpc) is 2.05. The Morgan fingerprint density at radius 1 is 1.54 bits per heavy atom. The maximum atomic E-state index is 5.90. The van der Waals surface area contributed by atoms with Crippen molar-refractivity contribution in [3.05, 3.63) is 46.1 Å². The first kappa shape index (κ1) is 12.9. The molecule has 0 fully saturated rings. The summed E-state index contributed by atoms with van der Waals surface area (Å²) >= 11 is 2.29. The van der Waals surface area contributed by atoms with Crippen LogP contribution in [0.5, 0.6) is 0 Å². The third kappa shape index (κ3) is 4.11. The Balaban J connectivity index is 0.00000144. The number of nitrogens with two attached hydrogens (primary N) is 1.